The number of carboxylic acids is 1. The quantitative estimate of drug-likeness (QED) is 0.829. The number of amides is 1. The Morgan fingerprint density at radius 1 is 1.29 bits per heavy atom. The number of carbonyl (C=O) groups excluding carboxylic acids is 1. The number of hydrogen-bond acceptors (Lipinski definition) is 4. The van der Waals surface area contributed by atoms with E-state index in [1.54, 1.807) is 0 Å². The van der Waals surface area contributed by atoms with Gasteiger partial charge in [0.05, 0.1) is 6.61 Å². The summed E-state index contributed by atoms with van der Waals surface area (Å²) in [6.45, 7) is 0.918. The fourth-order valence-electron chi connectivity index (χ4n) is 2.01. The van der Waals surface area contributed by atoms with Crippen LogP contribution in [0, 0.1) is 0 Å². The van der Waals surface area contributed by atoms with Gasteiger partial charge in [0.15, 0.2) is 0 Å². The molecule has 0 radical (unpaired) electrons. The lowest BCUT2D eigenvalue weighted by Crippen LogP contribution is -2.31. The Labute approximate surface area is 122 Å². The zero-order valence-electron chi connectivity index (χ0n) is 11.5. The standard InChI is InChI=1S/C15H17NO5/c17-14(18)13(12-7-4-8-20-10-12)16-15(19)21-9-11-5-2-1-3-6-11/h1-3,5-6H,4,7-10H2,(H,16,19)(H,17,18). The fourth-order valence-corrected chi connectivity index (χ4v) is 2.01. The molecule has 1 heterocycles. The van der Waals surface area contributed by atoms with Crippen LogP contribution in [0.5, 0.6) is 0 Å². The number of ether oxygens (including phenoxy) is 2. The van der Waals surface area contributed by atoms with Gasteiger partial charge in [0, 0.05) is 6.61 Å². The highest BCUT2D eigenvalue weighted by Crippen LogP contribution is 2.16. The fraction of sp³-hybridized carbons (Fsp3) is 0.333. The van der Waals surface area contributed by atoms with Gasteiger partial charge in [-0.05, 0) is 24.0 Å². The molecular formula is C15H17NO5. The molecule has 0 atom stereocenters. The van der Waals surface area contributed by atoms with Gasteiger partial charge in [-0.1, -0.05) is 30.3 Å². The van der Waals surface area contributed by atoms with Crippen LogP contribution in [0.4, 0.5) is 4.79 Å². The Bertz CT molecular complexity index is 530. The van der Waals surface area contributed by atoms with Crippen molar-refractivity contribution >= 4 is 12.1 Å². The summed E-state index contributed by atoms with van der Waals surface area (Å²) in [5.74, 6) is -1.19. The molecule has 0 aliphatic carbocycles. The van der Waals surface area contributed by atoms with E-state index in [-0.39, 0.29) is 18.9 Å². The first kappa shape index (κ1) is 15.1. The van der Waals surface area contributed by atoms with E-state index in [0.717, 1.165) is 12.0 Å². The van der Waals surface area contributed by atoms with Crippen molar-refractivity contribution in [3.05, 3.63) is 47.2 Å². The third kappa shape index (κ3) is 4.61. The molecule has 1 amide bonds. The molecule has 0 aromatic heterocycles. The minimum Gasteiger partial charge on any atom is -0.477 e. The van der Waals surface area contributed by atoms with Crippen molar-refractivity contribution in [3.63, 3.8) is 0 Å². The first-order chi connectivity index (χ1) is 10.2. The average Bonchev–Trinajstić information content (AvgIpc) is 2.52. The lowest BCUT2D eigenvalue weighted by molar-refractivity contribution is -0.133. The van der Waals surface area contributed by atoms with Crippen LogP contribution in [0.2, 0.25) is 0 Å². The number of nitrogens with one attached hydrogen (secondary N) is 1. The summed E-state index contributed by atoms with van der Waals surface area (Å²) in [7, 11) is 0. The Morgan fingerprint density at radius 3 is 2.67 bits per heavy atom. The molecule has 21 heavy (non-hydrogen) atoms. The monoisotopic (exact) mass is 291 g/mol. The van der Waals surface area contributed by atoms with Gasteiger partial charge in [-0.15, -0.1) is 0 Å². The van der Waals surface area contributed by atoms with Crippen LogP contribution in [0.25, 0.3) is 0 Å². The molecule has 1 aliphatic heterocycles. The molecular weight excluding hydrogens is 274 g/mol. The summed E-state index contributed by atoms with van der Waals surface area (Å²) in [5.41, 5.74) is 1.26. The van der Waals surface area contributed by atoms with E-state index in [1.807, 2.05) is 30.3 Å². The number of benzene rings is 1. The summed E-state index contributed by atoms with van der Waals surface area (Å²) in [6, 6.07) is 9.17. The molecule has 0 spiro atoms. The van der Waals surface area contributed by atoms with Crippen LogP contribution < -0.4 is 5.32 Å². The van der Waals surface area contributed by atoms with E-state index in [4.69, 9.17) is 9.47 Å². The molecule has 1 saturated heterocycles. The third-order valence-corrected chi connectivity index (χ3v) is 3.05. The second-order valence-electron chi connectivity index (χ2n) is 4.63. The molecule has 0 bridgehead atoms. The predicted octanol–water partition coefficient (Wildman–Crippen LogP) is 2.06. The Hall–Kier alpha value is -2.34. The molecule has 1 fully saturated rings. The first-order valence-corrected chi connectivity index (χ1v) is 6.67. The lowest BCUT2D eigenvalue weighted by Gasteiger charge is -2.18. The number of aliphatic carboxylic acids is 1. The van der Waals surface area contributed by atoms with Crippen molar-refractivity contribution < 1.29 is 24.2 Å². The molecule has 0 saturated carbocycles. The topological polar surface area (TPSA) is 84.9 Å². The van der Waals surface area contributed by atoms with Crippen molar-refractivity contribution in [3.8, 4) is 0 Å². The Kier molecular flexibility index (Phi) is 5.34. The summed E-state index contributed by atoms with van der Waals surface area (Å²) in [6.07, 6.45) is 0.558. The zero-order chi connectivity index (χ0) is 15.1. The van der Waals surface area contributed by atoms with Crippen molar-refractivity contribution in [2.24, 2.45) is 0 Å². The van der Waals surface area contributed by atoms with Gasteiger partial charge in [0.1, 0.15) is 12.3 Å². The maximum atomic E-state index is 11.7. The van der Waals surface area contributed by atoms with Crippen LogP contribution in [0.15, 0.2) is 41.6 Å². The van der Waals surface area contributed by atoms with Gasteiger partial charge in [0.2, 0.25) is 0 Å². The van der Waals surface area contributed by atoms with Crippen molar-refractivity contribution in [2.45, 2.75) is 19.4 Å². The van der Waals surface area contributed by atoms with E-state index in [2.05, 4.69) is 5.32 Å². The van der Waals surface area contributed by atoms with Crippen molar-refractivity contribution in [2.75, 3.05) is 13.2 Å². The van der Waals surface area contributed by atoms with E-state index in [9.17, 15) is 14.7 Å². The molecule has 1 aliphatic rings. The summed E-state index contributed by atoms with van der Waals surface area (Å²) in [5, 5.41) is 11.5. The summed E-state index contributed by atoms with van der Waals surface area (Å²) >= 11 is 0. The van der Waals surface area contributed by atoms with Crippen LogP contribution in [-0.4, -0.2) is 30.4 Å². The molecule has 6 heteroatoms. The highest BCUT2D eigenvalue weighted by Gasteiger charge is 2.20. The largest absolute Gasteiger partial charge is 0.477 e. The van der Waals surface area contributed by atoms with Gasteiger partial charge in [-0.3, -0.25) is 5.32 Å². The molecule has 2 rings (SSSR count). The van der Waals surface area contributed by atoms with Gasteiger partial charge in [-0.2, -0.15) is 0 Å². The van der Waals surface area contributed by atoms with Crippen LogP contribution >= 0.6 is 0 Å². The Morgan fingerprint density at radius 2 is 2.05 bits per heavy atom. The van der Waals surface area contributed by atoms with Crippen LogP contribution in [0.3, 0.4) is 0 Å². The third-order valence-electron chi connectivity index (χ3n) is 3.05. The molecule has 0 unspecified atom stereocenters. The molecule has 112 valence electrons. The maximum absolute atomic E-state index is 11.7. The molecule has 6 nitrogen and oxygen atoms in total. The second-order valence-corrected chi connectivity index (χ2v) is 4.63. The van der Waals surface area contributed by atoms with Crippen LogP contribution in [-0.2, 0) is 20.9 Å². The average molecular weight is 291 g/mol. The number of rotatable bonds is 4. The minimum absolute atomic E-state index is 0.0887. The smallest absolute Gasteiger partial charge is 0.412 e. The summed E-state index contributed by atoms with van der Waals surface area (Å²) in [4.78, 5) is 22.9. The van der Waals surface area contributed by atoms with E-state index in [1.165, 1.54) is 0 Å². The maximum Gasteiger partial charge on any atom is 0.412 e. The molecule has 1 aromatic carbocycles. The van der Waals surface area contributed by atoms with Gasteiger partial charge in [0.25, 0.3) is 0 Å². The van der Waals surface area contributed by atoms with Gasteiger partial charge < -0.3 is 14.6 Å². The molecule has 2 N–H and O–H groups in total. The highest BCUT2D eigenvalue weighted by atomic mass is 16.5. The zero-order valence-corrected chi connectivity index (χ0v) is 11.5. The second kappa shape index (κ2) is 7.44. The van der Waals surface area contributed by atoms with Crippen molar-refractivity contribution in [1.82, 2.24) is 5.32 Å². The number of carboxylic acid groups (broad SMARTS) is 1. The van der Waals surface area contributed by atoms with E-state index < -0.39 is 12.1 Å². The predicted molar refractivity (Wildman–Crippen MR) is 74.5 cm³/mol. The van der Waals surface area contributed by atoms with Crippen LogP contribution in [0.1, 0.15) is 18.4 Å². The first-order valence-electron chi connectivity index (χ1n) is 6.67. The van der Waals surface area contributed by atoms with E-state index in [0.29, 0.717) is 18.6 Å². The minimum atomic E-state index is -1.19. The number of carbonyl (C=O) groups is 2. The Balaban J connectivity index is 1.94. The van der Waals surface area contributed by atoms with Crippen molar-refractivity contribution in [1.29, 1.82) is 0 Å². The number of alkyl carbamates (subject to hydrolysis) is 1. The molecule has 1 aromatic rings. The lowest BCUT2D eigenvalue weighted by atomic mass is 10.1. The van der Waals surface area contributed by atoms with E-state index >= 15 is 0 Å². The SMILES string of the molecule is O=C(NC(C(=O)O)=C1CCCOC1)OCc1ccccc1. The number of hydrogen-bond donors (Lipinski definition) is 2. The normalized spacial score (nSPS) is 17.0. The summed E-state index contributed by atoms with van der Waals surface area (Å²) < 4.78 is 10.2. The van der Waals surface area contributed by atoms with Gasteiger partial charge in [-0.25, -0.2) is 9.59 Å². The highest BCUT2D eigenvalue weighted by molar-refractivity contribution is 5.91. The van der Waals surface area contributed by atoms with Gasteiger partial charge >= 0.3 is 12.1 Å².